The highest BCUT2D eigenvalue weighted by atomic mass is 32.1. The molecule has 2 aromatic heterocycles. The molecule has 6 heteroatoms. The summed E-state index contributed by atoms with van der Waals surface area (Å²) < 4.78 is 5.28. The predicted molar refractivity (Wildman–Crippen MR) is 85.3 cm³/mol. The molecule has 0 radical (unpaired) electrons. The largest absolute Gasteiger partial charge is 0.339 e. The van der Waals surface area contributed by atoms with Crippen molar-refractivity contribution in [2.45, 2.75) is 46.0 Å². The van der Waals surface area contributed by atoms with E-state index in [4.69, 9.17) is 4.52 Å². The van der Waals surface area contributed by atoms with Crippen molar-refractivity contribution in [1.29, 1.82) is 0 Å². The van der Waals surface area contributed by atoms with Crippen molar-refractivity contribution in [2.75, 3.05) is 13.1 Å². The zero-order valence-corrected chi connectivity index (χ0v) is 14.1. The fraction of sp³-hybridized carbons (Fsp3) is 0.562. The SMILES string of the molecule is CCc1sc(C(=O)N2CCC[C@@H](c3nc(C)no3)C2)cc1C. The highest BCUT2D eigenvalue weighted by Crippen LogP contribution is 2.29. The average Bonchev–Trinajstić information content (AvgIpc) is 3.12. The lowest BCUT2D eigenvalue weighted by atomic mass is 9.98. The van der Waals surface area contributed by atoms with Crippen molar-refractivity contribution in [2.24, 2.45) is 0 Å². The molecular weight excluding hydrogens is 298 g/mol. The van der Waals surface area contributed by atoms with Gasteiger partial charge in [0.15, 0.2) is 5.82 Å². The molecule has 0 unspecified atom stereocenters. The van der Waals surface area contributed by atoms with Gasteiger partial charge in [0, 0.05) is 18.0 Å². The van der Waals surface area contributed by atoms with Crippen LogP contribution in [0, 0.1) is 13.8 Å². The third-order valence-corrected chi connectivity index (χ3v) is 5.52. The number of hydrogen-bond donors (Lipinski definition) is 0. The van der Waals surface area contributed by atoms with Gasteiger partial charge in [-0.3, -0.25) is 4.79 Å². The molecular formula is C16H21N3O2S. The maximum atomic E-state index is 12.7. The molecule has 0 saturated carbocycles. The maximum Gasteiger partial charge on any atom is 0.263 e. The van der Waals surface area contributed by atoms with Crippen LogP contribution in [0.2, 0.25) is 0 Å². The Balaban J connectivity index is 1.74. The summed E-state index contributed by atoms with van der Waals surface area (Å²) in [6.07, 6.45) is 2.95. The van der Waals surface area contributed by atoms with Gasteiger partial charge in [0.05, 0.1) is 10.8 Å². The number of piperidine rings is 1. The number of carbonyl (C=O) groups excluding carboxylic acids is 1. The van der Waals surface area contributed by atoms with Gasteiger partial charge in [-0.2, -0.15) is 4.98 Å². The molecule has 1 saturated heterocycles. The quantitative estimate of drug-likeness (QED) is 0.870. The van der Waals surface area contributed by atoms with E-state index in [9.17, 15) is 4.79 Å². The number of hydrogen-bond acceptors (Lipinski definition) is 5. The molecule has 1 amide bonds. The molecule has 5 nitrogen and oxygen atoms in total. The number of nitrogens with zero attached hydrogens (tertiary/aromatic N) is 3. The van der Waals surface area contributed by atoms with Crippen LogP contribution < -0.4 is 0 Å². The van der Waals surface area contributed by atoms with E-state index in [0.717, 1.165) is 30.7 Å². The smallest absolute Gasteiger partial charge is 0.263 e. The van der Waals surface area contributed by atoms with Crippen molar-refractivity contribution >= 4 is 17.2 Å². The molecule has 0 aromatic carbocycles. The Morgan fingerprint density at radius 3 is 2.95 bits per heavy atom. The number of aromatic nitrogens is 2. The molecule has 22 heavy (non-hydrogen) atoms. The third kappa shape index (κ3) is 2.92. The lowest BCUT2D eigenvalue weighted by Crippen LogP contribution is -2.38. The summed E-state index contributed by atoms with van der Waals surface area (Å²) in [4.78, 5) is 21.1. The Kier molecular flexibility index (Phi) is 4.29. The summed E-state index contributed by atoms with van der Waals surface area (Å²) >= 11 is 1.62. The van der Waals surface area contributed by atoms with E-state index in [1.807, 2.05) is 17.9 Å². The van der Waals surface area contributed by atoms with E-state index in [1.165, 1.54) is 10.4 Å². The van der Waals surface area contributed by atoms with Gasteiger partial charge in [-0.25, -0.2) is 0 Å². The normalized spacial score (nSPS) is 18.7. The number of carbonyl (C=O) groups is 1. The van der Waals surface area contributed by atoms with Crippen LogP contribution in [0.1, 0.15) is 57.5 Å². The van der Waals surface area contributed by atoms with Crippen molar-refractivity contribution in [3.63, 3.8) is 0 Å². The Morgan fingerprint density at radius 2 is 2.32 bits per heavy atom. The summed E-state index contributed by atoms with van der Waals surface area (Å²) in [5.74, 6) is 1.60. The van der Waals surface area contributed by atoms with Gasteiger partial charge < -0.3 is 9.42 Å². The topological polar surface area (TPSA) is 59.2 Å². The lowest BCUT2D eigenvalue weighted by Gasteiger charge is -2.30. The van der Waals surface area contributed by atoms with Gasteiger partial charge in [-0.15, -0.1) is 11.3 Å². The minimum absolute atomic E-state index is 0.133. The molecule has 1 atom stereocenters. The Morgan fingerprint density at radius 1 is 1.50 bits per heavy atom. The van der Waals surface area contributed by atoms with E-state index in [-0.39, 0.29) is 11.8 Å². The summed E-state index contributed by atoms with van der Waals surface area (Å²) in [5, 5.41) is 3.86. The molecule has 0 spiro atoms. The Bertz CT molecular complexity index is 677. The number of thiophene rings is 1. The zero-order valence-electron chi connectivity index (χ0n) is 13.3. The van der Waals surface area contributed by atoms with E-state index in [2.05, 4.69) is 24.0 Å². The summed E-state index contributed by atoms with van der Waals surface area (Å²) in [7, 11) is 0. The molecule has 0 aliphatic carbocycles. The van der Waals surface area contributed by atoms with Crippen LogP contribution in [0.4, 0.5) is 0 Å². The molecule has 1 fully saturated rings. The Labute approximate surface area is 134 Å². The van der Waals surface area contributed by atoms with Crippen molar-refractivity contribution in [1.82, 2.24) is 15.0 Å². The number of rotatable bonds is 3. The van der Waals surface area contributed by atoms with Gasteiger partial charge in [-0.1, -0.05) is 12.1 Å². The number of likely N-dealkylation sites (tertiary alicyclic amines) is 1. The molecule has 2 aromatic rings. The molecule has 3 rings (SSSR count). The van der Waals surface area contributed by atoms with Crippen LogP contribution in [0.15, 0.2) is 10.6 Å². The maximum absolute atomic E-state index is 12.7. The van der Waals surface area contributed by atoms with Crippen LogP contribution in [0.25, 0.3) is 0 Å². The van der Waals surface area contributed by atoms with Crippen LogP contribution in [-0.4, -0.2) is 34.0 Å². The number of aryl methyl sites for hydroxylation is 3. The third-order valence-electron chi connectivity index (χ3n) is 4.15. The summed E-state index contributed by atoms with van der Waals surface area (Å²) in [6, 6.07) is 2.02. The van der Waals surface area contributed by atoms with E-state index in [1.54, 1.807) is 11.3 Å². The van der Waals surface area contributed by atoms with E-state index < -0.39 is 0 Å². The van der Waals surface area contributed by atoms with Gasteiger partial charge in [0.2, 0.25) is 5.89 Å². The van der Waals surface area contributed by atoms with Gasteiger partial charge in [0.25, 0.3) is 5.91 Å². The van der Waals surface area contributed by atoms with Crippen molar-refractivity contribution in [3.8, 4) is 0 Å². The second kappa shape index (κ2) is 6.20. The fourth-order valence-corrected chi connectivity index (χ4v) is 4.06. The lowest BCUT2D eigenvalue weighted by molar-refractivity contribution is 0.0700. The second-order valence-electron chi connectivity index (χ2n) is 5.84. The summed E-state index contributed by atoms with van der Waals surface area (Å²) in [5.41, 5.74) is 1.22. The average molecular weight is 319 g/mol. The first-order valence-corrected chi connectivity index (χ1v) is 8.59. The molecule has 0 N–H and O–H groups in total. The van der Waals surface area contributed by atoms with Gasteiger partial charge in [-0.05, 0) is 44.7 Å². The Hall–Kier alpha value is -1.69. The highest BCUT2D eigenvalue weighted by molar-refractivity contribution is 7.14. The minimum atomic E-state index is 0.133. The highest BCUT2D eigenvalue weighted by Gasteiger charge is 2.29. The minimum Gasteiger partial charge on any atom is -0.339 e. The van der Waals surface area contributed by atoms with Gasteiger partial charge >= 0.3 is 0 Å². The monoisotopic (exact) mass is 319 g/mol. The first-order chi connectivity index (χ1) is 10.6. The van der Waals surface area contributed by atoms with Crippen LogP contribution in [-0.2, 0) is 6.42 Å². The predicted octanol–water partition coefficient (Wildman–Crippen LogP) is 3.33. The molecule has 1 aliphatic heterocycles. The van der Waals surface area contributed by atoms with Crippen LogP contribution >= 0.6 is 11.3 Å². The first-order valence-electron chi connectivity index (χ1n) is 7.77. The standard InChI is InChI=1S/C16H21N3O2S/c1-4-13-10(2)8-14(22-13)16(20)19-7-5-6-12(9-19)15-17-11(3)18-21-15/h8,12H,4-7,9H2,1-3H3/t12-/m1/s1. The second-order valence-corrected chi connectivity index (χ2v) is 6.98. The summed E-state index contributed by atoms with van der Waals surface area (Å²) in [6.45, 7) is 7.49. The van der Waals surface area contributed by atoms with Gasteiger partial charge in [0.1, 0.15) is 0 Å². The molecule has 118 valence electrons. The van der Waals surface area contributed by atoms with Crippen molar-refractivity contribution in [3.05, 3.63) is 33.1 Å². The van der Waals surface area contributed by atoms with Crippen molar-refractivity contribution < 1.29 is 9.32 Å². The van der Waals surface area contributed by atoms with E-state index in [0.29, 0.717) is 18.3 Å². The molecule has 3 heterocycles. The fourth-order valence-electron chi connectivity index (χ4n) is 2.97. The van der Waals surface area contributed by atoms with Crippen LogP contribution in [0.5, 0.6) is 0 Å². The number of amides is 1. The molecule has 1 aliphatic rings. The van der Waals surface area contributed by atoms with Crippen LogP contribution in [0.3, 0.4) is 0 Å². The first kappa shape index (κ1) is 15.2. The molecule has 0 bridgehead atoms. The van der Waals surface area contributed by atoms with E-state index >= 15 is 0 Å². The zero-order chi connectivity index (χ0) is 15.7.